The predicted molar refractivity (Wildman–Crippen MR) is 128 cm³/mol. The first-order valence-corrected chi connectivity index (χ1v) is 14.4. The second-order valence-electron chi connectivity index (χ2n) is 7.34. The van der Waals surface area contributed by atoms with E-state index in [4.69, 9.17) is 0 Å². The second kappa shape index (κ2) is 9.16. The van der Waals surface area contributed by atoms with Gasteiger partial charge in [0, 0.05) is 0 Å². The van der Waals surface area contributed by atoms with Crippen LogP contribution in [0.1, 0.15) is 32.6 Å². The van der Waals surface area contributed by atoms with E-state index in [1.165, 1.54) is 15.9 Å². The Morgan fingerprint density at radius 3 is 1.46 bits per heavy atom. The van der Waals surface area contributed by atoms with Crippen molar-refractivity contribution < 1.29 is 4.79 Å². The molecule has 0 atom stereocenters. The molecule has 3 aromatic rings. The molecule has 3 aromatic carbocycles. The number of carbonyl (C=O) groups excluding carboxylic acids is 1. The van der Waals surface area contributed by atoms with Crippen LogP contribution in [-0.4, -0.2) is 11.9 Å². The number of hydrogen-bond acceptors (Lipinski definition) is 1. The van der Waals surface area contributed by atoms with Crippen molar-refractivity contribution in [3.05, 3.63) is 91.0 Å². The fourth-order valence-electron chi connectivity index (χ4n) is 3.92. The molecule has 0 aromatic heterocycles. The van der Waals surface area contributed by atoms with Gasteiger partial charge in [-0.3, -0.25) is 0 Å². The molecule has 0 radical (unpaired) electrons. The number of Topliss-reactive ketones (excluding diaryl/α,β-unsaturated/α-hetero) is 1. The van der Waals surface area contributed by atoms with Crippen molar-refractivity contribution in [2.45, 2.75) is 32.6 Å². The van der Waals surface area contributed by atoms with E-state index < -0.39 is 5.31 Å². The Hall–Kier alpha value is -1.76. The molecule has 0 aliphatic carbocycles. The average Bonchev–Trinajstić information content (AvgIpc) is 2.76. The van der Waals surface area contributed by atoms with Gasteiger partial charge >= 0.3 is 177 Å². The maximum absolute atomic E-state index is 13.3. The third-order valence-electron chi connectivity index (χ3n) is 5.42. The van der Waals surface area contributed by atoms with Crippen molar-refractivity contribution in [3.63, 3.8) is 0 Å². The van der Waals surface area contributed by atoms with Gasteiger partial charge in [0.25, 0.3) is 0 Å². The van der Waals surface area contributed by atoms with E-state index in [-0.39, 0.29) is 0 Å². The van der Waals surface area contributed by atoms with E-state index in [1.807, 2.05) is 18.2 Å². The molecule has 0 heterocycles. The van der Waals surface area contributed by atoms with Crippen LogP contribution in [0.2, 0.25) is 0 Å². The minimum absolute atomic E-state index is 0.333. The standard InChI is InChI=1S/C25H28BrOP/c1-2-3-7-14-22(27)21-28(26,23-15-8-4-9-16-23,24-17-10-5-11-18-24)25-19-12-6-13-20-25/h4-6,8-13,15-20H,2-3,7,14,21H2,1H3. The zero-order valence-corrected chi connectivity index (χ0v) is 18.9. The molecule has 3 rings (SSSR count). The van der Waals surface area contributed by atoms with Crippen LogP contribution in [0, 0.1) is 0 Å². The number of halogens is 1. The summed E-state index contributed by atoms with van der Waals surface area (Å²) in [5.41, 5.74) is 0. The molecule has 0 saturated heterocycles. The molecule has 0 aliphatic rings. The van der Waals surface area contributed by atoms with E-state index in [0.29, 0.717) is 18.4 Å². The van der Waals surface area contributed by atoms with Gasteiger partial charge in [0.1, 0.15) is 0 Å². The summed E-state index contributed by atoms with van der Waals surface area (Å²) in [6.45, 7) is 2.17. The van der Waals surface area contributed by atoms with Crippen LogP contribution in [0.15, 0.2) is 91.0 Å². The average molecular weight is 455 g/mol. The van der Waals surface area contributed by atoms with Crippen molar-refractivity contribution in [3.8, 4) is 0 Å². The molecule has 28 heavy (non-hydrogen) atoms. The van der Waals surface area contributed by atoms with Gasteiger partial charge in [-0.2, -0.15) is 0 Å². The summed E-state index contributed by atoms with van der Waals surface area (Å²) in [6, 6.07) is 31.6. The molecule has 1 nitrogen and oxygen atoms in total. The van der Waals surface area contributed by atoms with Gasteiger partial charge in [-0.05, 0) is 0 Å². The second-order valence-corrected chi connectivity index (χ2v) is 16.3. The number of carbonyl (C=O) groups is 1. The molecule has 0 bridgehead atoms. The van der Waals surface area contributed by atoms with Crippen LogP contribution in [0.3, 0.4) is 0 Å². The molecule has 0 spiro atoms. The van der Waals surface area contributed by atoms with Crippen molar-refractivity contribution in [1.82, 2.24) is 0 Å². The zero-order chi connectivity index (χ0) is 19.9. The van der Waals surface area contributed by atoms with Crippen molar-refractivity contribution in [2.75, 3.05) is 6.16 Å². The van der Waals surface area contributed by atoms with Crippen LogP contribution in [-0.2, 0) is 4.79 Å². The monoisotopic (exact) mass is 454 g/mol. The Kier molecular flexibility index (Phi) is 6.86. The van der Waals surface area contributed by atoms with Gasteiger partial charge in [0.2, 0.25) is 0 Å². The summed E-state index contributed by atoms with van der Waals surface area (Å²) in [5, 5.41) is 0.512. The quantitative estimate of drug-likeness (QED) is 0.287. The van der Waals surface area contributed by atoms with Crippen LogP contribution in [0.5, 0.6) is 0 Å². The topological polar surface area (TPSA) is 17.1 Å². The molecule has 146 valence electrons. The summed E-state index contributed by atoms with van der Waals surface area (Å²) < 4.78 is 0. The normalized spacial score (nSPS) is 12.9. The molecule has 0 N–H and O–H groups in total. The molecule has 0 unspecified atom stereocenters. The zero-order valence-electron chi connectivity index (χ0n) is 16.4. The van der Waals surface area contributed by atoms with Crippen molar-refractivity contribution in [1.29, 1.82) is 0 Å². The first-order chi connectivity index (χ1) is 13.6. The Morgan fingerprint density at radius 1 is 0.714 bits per heavy atom. The Bertz CT molecular complexity index is 794. The number of rotatable bonds is 9. The summed E-state index contributed by atoms with van der Waals surface area (Å²) in [4.78, 5) is 13.3. The molecule has 0 saturated carbocycles. The van der Waals surface area contributed by atoms with E-state index in [2.05, 4.69) is 95.2 Å². The predicted octanol–water partition coefficient (Wildman–Crippen LogP) is 5.98. The Morgan fingerprint density at radius 2 is 1.11 bits per heavy atom. The summed E-state index contributed by atoms with van der Waals surface area (Å²) in [5.74, 6) is 0.333. The van der Waals surface area contributed by atoms with E-state index in [9.17, 15) is 4.79 Å². The molecular weight excluding hydrogens is 427 g/mol. The summed E-state index contributed by atoms with van der Waals surface area (Å²) in [6.07, 6.45) is 4.34. The molecular formula is C25H28BrOP. The molecule has 0 fully saturated rings. The number of ketones is 1. The van der Waals surface area contributed by atoms with Crippen LogP contribution < -0.4 is 15.9 Å². The van der Waals surface area contributed by atoms with Crippen LogP contribution >= 0.6 is 20.8 Å². The number of unbranched alkanes of at least 4 members (excludes halogenated alkanes) is 2. The van der Waals surface area contributed by atoms with Gasteiger partial charge in [0.05, 0.1) is 0 Å². The van der Waals surface area contributed by atoms with Gasteiger partial charge < -0.3 is 0 Å². The first-order valence-electron chi connectivity index (χ1n) is 10.0. The number of benzene rings is 3. The van der Waals surface area contributed by atoms with Crippen molar-refractivity contribution in [2.24, 2.45) is 0 Å². The first kappa shape index (κ1) is 21.0. The fraction of sp³-hybridized carbons (Fsp3) is 0.240. The van der Waals surface area contributed by atoms with Gasteiger partial charge in [-0.25, -0.2) is 0 Å². The fourth-order valence-corrected chi connectivity index (χ4v) is 11.5. The SMILES string of the molecule is CCCCCC(=O)CP(Br)(c1ccccc1)(c1ccccc1)c1ccccc1. The van der Waals surface area contributed by atoms with E-state index in [1.54, 1.807) is 0 Å². The van der Waals surface area contributed by atoms with Gasteiger partial charge in [0.15, 0.2) is 0 Å². The van der Waals surface area contributed by atoms with Gasteiger partial charge in [-0.1, -0.05) is 0 Å². The third kappa shape index (κ3) is 4.00. The maximum atomic E-state index is 13.3. The van der Waals surface area contributed by atoms with E-state index in [0.717, 1.165) is 19.3 Å². The van der Waals surface area contributed by atoms with Crippen LogP contribution in [0.4, 0.5) is 0 Å². The number of hydrogen-bond donors (Lipinski definition) is 0. The molecule has 0 aliphatic heterocycles. The molecule has 3 heteroatoms. The van der Waals surface area contributed by atoms with Crippen LogP contribution in [0.25, 0.3) is 0 Å². The van der Waals surface area contributed by atoms with E-state index >= 15 is 0 Å². The molecule has 0 amide bonds. The third-order valence-corrected chi connectivity index (χ3v) is 14.9. The Labute approximate surface area is 176 Å². The minimum atomic E-state index is -3.10. The Balaban J connectivity index is 2.23. The summed E-state index contributed by atoms with van der Waals surface area (Å²) >= 11 is 4.34. The summed E-state index contributed by atoms with van der Waals surface area (Å²) in [7, 11) is 0. The van der Waals surface area contributed by atoms with Gasteiger partial charge in [-0.15, -0.1) is 0 Å². The van der Waals surface area contributed by atoms with Crippen molar-refractivity contribution >= 4 is 42.5 Å².